The van der Waals surface area contributed by atoms with Gasteiger partial charge in [-0.2, -0.15) is 0 Å². The fourth-order valence-electron chi connectivity index (χ4n) is 5.18. The molecule has 0 aromatic heterocycles. The normalized spacial score (nSPS) is 14.9. The Balaban J connectivity index is 4.58. The van der Waals surface area contributed by atoms with Crippen LogP contribution in [0.15, 0.2) is 72.9 Å². The second kappa shape index (κ2) is 36.7. The smallest absolute Gasteiger partial charge is 0.306 e. The number of allylic oxidation sites excluding steroid dienone is 10. The molecule has 0 aliphatic carbocycles. The van der Waals surface area contributed by atoms with Gasteiger partial charge in [-0.3, -0.25) is 14.2 Å². The number of aliphatic hydroxyl groups is 1. The lowest BCUT2D eigenvalue weighted by Gasteiger charge is -2.28. The summed E-state index contributed by atoms with van der Waals surface area (Å²) in [6.45, 7) is 3.91. The predicted molar refractivity (Wildman–Crippen MR) is 228 cm³/mol. The topological polar surface area (TPSA) is 131 Å². The Morgan fingerprint density at radius 3 is 1.96 bits per heavy atom. The molecule has 0 heterocycles. The molecule has 0 aliphatic heterocycles. The number of likely N-dealkylation sites (N-methyl/N-ethyl adjacent to an activating group) is 1. The van der Waals surface area contributed by atoms with Crippen LogP contribution in [0.2, 0.25) is 0 Å². The number of aliphatic hydroxyl groups excluding tert-OH is 1. The molecular formula is C45H78NO9P. The Morgan fingerprint density at radius 1 is 0.679 bits per heavy atom. The molecule has 11 heteroatoms. The van der Waals surface area contributed by atoms with Gasteiger partial charge in [-0.25, -0.2) is 0 Å². The molecule has 3 unspecified atom stereocenters. The van der Waals surface area contributed by atoms with E-state index in [1.807, 2.05) is 63.7 Å². The van der Waals surface area contributed by atoms with Crippen molar-refractivity contribution in [3.63, 3.8) is 0 Å². The number of hydrogen-bond donors (Lipinski definition) is 1. The average molecular weight is 808 g/mol. The van der Waals surface area contributed by atoms with Crippen LogP contribution in [0.25, 0.3) is 0 Å². The maximum atomic E-state index is 12.6. The third-order valence-corrected chi connectivity index (χ3v) is 9.50. The molecule has 322 valence electrons. The van der Waals surface area contributed by atoms with Crippen molar-refractivity contribution in [2.24, 2.45) is 0 Å². The fraction of sp³-hybridized carbons (Fsp3) is 0.689. The second-order valence-corrected chi connectivity index (χ2v) is 16.6. The third kappa shape index (κ3) is 39.6. The van der Waals surface area contributed by atoms with E-state index in [0.29, 0.717) is 43.1 Å². The van der Waals surface area contributed by atoms with Crippen molar-refractivity contribution in [1.82, 2.24) is 0 Å². The minimum atomic E-state index is -4.66. The van der Waals surface area contributed by atoms with E-state index in [2.05, 4.69) is 38.2 Å². The average Bonchev–Trinajstić information content (AvgIpc) is 3.14. The summed E-state index contributed by atoms with van der Waals surface area (Å²) in [5.74, 6) is -0.959. The number of hydrogen-bond acceptors (Lipinski definition) is 9. The molecule has 56 heavy (non-hydrogen) atoms. The summed E-state index contributed by atoms with van der Waals surface area (Å²) in [6, 6.07) is 0. The Kier molecular flexibility index (Phi) is 35.0. The van der Waals surface area contributed by atoms with Crippen molar-refractivity contribution < 1.29 is 47.2 Å². The van der Waals surface area contributed by atoms with E-state index in [0.717, 1.165) is 44.9 Å². The van der Waals surface area contributed by atoms with Gasteiger partial charge in [0.2, 0.25) is 0 Å². The number of phosphoric ester groups is 1. The maximum Gasteiger partial charge on any atom is 0.306 e. The number of nitrogens with zero attached hydrogens (tertiary/aromatic N) is 1. The van der Waals surface area contributed by atoms with Crippen LogP contribution >= 0.6 is 7.82 Å². The summed E-state index contributed by atoms with van der Waals surface area (Å²) in [5, 5.41) is 10.0. The lowest BCUT2D eigenvalue weighted by molar-refractivity contribution is -0.870. The molecule has 1 N–H and O–H groups in total. The highest BCUT2D eigenvalue weighted by Gasteiger charge is 2.21. The summed E-state index contributed by atoms with van der Waals surface area (Å²) < 4.78 is 33.7. The second-order valence-electron chi connectivity index (χ2n) is 15.2. The van der Waals surface area contributed by atoms with Crippen LogP contribution in [-0.4, -0.2) is 81.2 Å². The van der Waals surface area contributed by atoms with E-state index >= 15 is 0 Å². The summed E-state index contributed by atoms with van der Waals surface area (Å²) >= 11 is 0. The van der Waals surface area contributed by atoms with E-state index < -0.39 is 38.6 Å². The van der Waals surface area contributed by atoms with E-state index in [1.165, 1.54) is 38.5 Å². The van der Waals surface area contributed by atoms with Crippen molar-refractivity contribution in [1.29, 1.82) is 0 Å². The minimum Gasteiger partial charge on any atom is -0.756 e. The molecule has 10 nitrogen and oxygen atoms in total. The van der Waals surface area contributed by atoms with E-state index in [1.54, 1.807) is 6.08 Å². The molecule has 0 fully saturated rings. The summed E-state index contributed by atoms with van der Waals surface area (Å²) in [5.41, 5.74) is 0. The van der Waals surface area contributed by atoms with Gasteiger partial charge >= 0.3 is 11.9 Å². The number of carbonyl (C=O) groups is 2. The van der Waals surface area contributed by atoms with Crippen molar-refractivity contribution in [3.8, 4) is 0 Å². The third-order valence-electron chi connectivity index (χ3n) is 8.54. The number of esters is 2. The minimum absolute atomic E-state index is 0.0574. The Bertz CT molecular complexity index is 1200. The molecule has 0 saturated heterocycles. The first-order chi connectivity index (χ1) is 26.9. The highest BCUT2D eigenvalue weighted by atomic mass is 31.2. The quantitative estimate of drug-likeness (QED) is 0.0163. The molecule has 0 aromatic rings. The number of rotatable bonds is 37. The van der Waals surface area contributed by atoms with Gasteiger partial charge in [0, 0.05) is 12.8 Å². The highest BCUT2D eigenvalue weighted by molar-refractivity contribution is 7.45. The van der Waals surface area contributed by atoms with Crippen molar-refractivity contribution in [3.05, 3.63) is 72.9 Å². The zero-order valence-electron chi connectivity index (χ0n) is 35.7. The van der Waals surface area contributed by atoms with E-state index in [9.17, 15) is 24.2 Å². The van der Waals surface area contributed by atoms with Crippen molar-refractivity contribution in [2.45, 2.75) is 154 Å². The number of ether oxygens (including phenoxy) is 2. The number of phosphoric acid groups is 1. The number of carbonyl (C=O) groups excluding carboxylic acids is 2. The van der Waals surface area contributed by atoms with Gasteiger partial charge in [0.05, 0.1) is 33.9 Å². The summed E-state index contributed by atoms with van der Waals surface area (Å²) in [4.78, 5) is 37.5. The Labute approximate surface area is 341 Å². The van der Waals surface area contributed by atoms with Crippen molar-refractivity contribution in [2.75, 3.05) is 47.5 Å². The molecule has 0 saturated carbocycles. The largest absolute Gasteiger partial charge is 0.756 e. The standard InChI is InChI=1S/C45H78NO9P/c1-6-8-10-12-14-15-16-17-18-19-20-24-28-32-36-44(48)52-40-43(41-54-56(50,51)53-39-38-46(3,4)5)55-45(49)37-33-29-25-22-21-23-27-31-35-42(47)34-30-26-13-11-9-7-2/h9,11,16-17,22-23,25-27,30-31,35,42-43,47H,6-8,10,12-15,18-21,24,28-29,32-34,36-41H2,1-5H3/b11-9-,17-16-,25-22-,27-23-,30-26-,35-31+. The molecule has 0 aromatic carbocycles. The first-order valence-electron chi connectivity index (χ1n) is 21.3. The first kappa shape index (κ1) is 53.4. The molecule has 0 bridgehead atoms. The molecule has 0 radical (unpaired) electrons. The van der Waals surface area contributed by atoms with Gasteiger partial charge in [-0.1, -0.05) is 132 Å². The zero-order chi connectivity index (χ0) is 41.6. The molecule has 0 rings (SSSR count). The van der Waals surface area contributed by atoms with Crippen LogP contribution in [-0.2, 0) is 32.7 Å². The van der Waals surface area contributed by atoms with Crippen LogP contribution in [0, 0.1) is 0 Å². The molecule has 0 spiro atoms. The van der Waals surface area contributed by atoms with E-state index in [-0.39, 0.29) is 26.1 Å². The predicted octanol–water partition coefficient (Wildman–Crippen LogP) is 10.2. The van der Waals surface area contributed by atoms with Gasteiger partial charge in [0.15, 0.2) is 6.10 Å². The first-order valence-corrected chi connectivity index (χ1v) is 22.7. The maximum absolute atomic E-state index is 12.6. The summed E-state index contributed by atoms with van der Waals surface area (Å²) in [6.07, 6.45) is 41.1. The fourth-order valence-corrected chi connectivity index (χ4v) is 5.91. The molecule has 3 atom stereocenters. The van der Waals surface area contributed by atoms with Crippen LogP contribution < -0.4 is 4.89 Å². The van der Waals surface area contributed by atoms with Crippen LogP contribution in [0.3, 0.4) is 0 Å². The molecular weight excluding hydrogens is 729 g/mol. The number of unbranched alkanes of at least 4 members (excludes halogenated alkanes) is 11. The van der Waals surface area contributed by atoms with Gasteiger partial charge in [-0.05, 0) is 70.6 Å². The van der Waals surface area contributed by atoms with Gasteiger partial charge in [0.25, 0.3) is 7.82 Å². The van der Waals surface area contributed by atoms with Gasteiger partial charge < -0.3 is 33.0 Å². The Morgan fingerprint density at radius 2 is 1.27 bits per heavy atom. The number of quaternary nitrogens is 1. The van der Waals surface area contributed by atoms with E-state index in [4.69, 9.17) is 18.5 Å². The molecule has 0 aliphatic rings. The van der Waals surface area contributed by atoms with Crippen molar-refractivity contribution >= 4 is 19.8 Å². The van der Waals surface area contributed by atoms with Gasteiger partial charge in [0.1, 0.15) is 19.8 Å². The monoisotopic (exact) mass is 808 g/mol. The SMILES string of the molecule is CC/C=C\C/C=C\CC(O)/C=C/C=C\C/C=C\CCCC(=O)OC(COC(=O)CCCCCCC/C=C\CCCCCCC)COP(=O)([O-])OCC[N+](C)(C)C. The molecule has 0 amide bonds. The van der Waals surface area contributed by atoms with Crippen LogP contribution in [0.4, 0.5) is 0 Å². The summed E-state index contributed by atoms with van der Waals surface area (Å²) in [7, 11) is 1.07. The van der Waals surface area contributed by atoms with Crippen LogP contribution in [0.1, 0.15) is 142 Å². The van der Waals surface area contributed by atoms with Gasteiger partial charge in [-0.15, -0.1) is 0 Å². The highest BCUT2D eigenvalue weighted by Crippen LogP contribution is 2.38. The zero-order valence-corrected chi connectivity index (χ0v) is 36.6. The van der Waals surface area contributed by atoms with Crippen LogP contribution in [0.5, 0.6) is 0 Å². The lowest BCUT2D eigenvalue weighted by atomic mass is 10.1. The lowest BCUT2D eigenvalue weighted by Crippen LogP contribution is -2.37. The Hall–Kier alpha value is -2.59.